The van der Waals surface area contributed by atoms with Crippen LogP contribution in [0.3, 0.4) is 0 Å². The maximum atomic E-state index is 11.0. The van der Waals surface area contributed by atoms with Crippen molar-refractivity contribution < 1.29 is 10.2 Å². The topological polar surface area (TPSA) is 134 Å². The number of anilines is 3. The first-order valence-electron chi connectivity index (χ1n) is 10.8. The second-order valence-electron chi connectivity index (χ2n) is 9.25. The minimum atomic E-state index is -0.849. The molecule has 1 aromatic carbocycles. The van der Waals surface area contributed by atoms with Crippen LogP contribution in [0.4, 0.5) is 17.5 Å². The van der Waals surface area contributed by atoms with Gasteiger partial charge in [0.15, 0.2) is 0 Å². The van der Waals surface area contributed by atoms with Crippen LogP contribution in [0.1, 0.15) is 30.9 Å². The van der Waals surface area contributed by atoms with Crippen molar-refractivity contribution in [1.29, 1.82) is 0 Å². The lowest BCUT2D eigenvalue weighted by molar-refractivity contribution is -0.0201. The van der Waals surface area contributed by atoms with E-state index >= 15 is 0 Å². The lowest BCUT2D eigenvalue weighted by atomic mass is 9.80. The number of nitrogen functional groups attached to an aromatic ring is 2. The lowest BCUT2D eigenvalue weighted by Gasteiger charge is -2.29. The number of benzene rings is 1. The van der Waals surface area contributed by atoms with Gasteiger partial charge in [-0.3, -0.25) is 0 Å². The van der Waals surface area contributed by atoms with Crippen LogP contribution in [0, 0.1) is 5.41 Å². The SMILES string of the molecule is C[C@]1(CCc2ccc3cc(Br)c(N)nc3c2)CC(N2CCc3c(N)ncnc32)[C@H](O)[C@@H]1O. The van der Waals surface area contributed by atoms with Crippen LogP contribution in [0.5, 0.6) is 0 Å². The summed E-state index contributed by atoms with van der Waals surface area (Å²) >= 11 is 3.42. The molecule has 0 spiro atoms. The molecule has 1 unspecified atom stereocenters. The van der Waals surface area contributed by atoms with Crippen molar-refractivity contribution in [2.75, 3.05) is 22.9 Å². The molecular weight excluding hydrogens is 472 g/mol. The van der Waals surface area contributed by atoms with Gasteiger partial charge in [-0.25, -0.2) is 15.0 Å². The van der Waals surface area contributed by atoms with Crippen molar-refractivity contribution in [3.63, 3.8) is 0 Å². The van der Waals surface area contributed by atoms with E-state index in [1.165, 1.54) is 6.33 Å². The van der Waals surface area contributed by atoms with Crippen molar-refractivity contribution in [2.24, 2.45) is 5.41 Å². The maximum Gasteiger partial charge on any atom is 0.138 e. The number of aliphatic hydroxyl groups excluding tert-OH is 2. The van der Waals surface area contributed by atoms with Gasteiger partial charge in [-0.1, -0.05) is 19.1 Å². The first-order chi connectivity index (χ1) is 15.3. The molecule has 6 N–H and O–H groups in total. The Balaban J connectivity index is 1.34. The van der Waals surface area contributed by atoms with E-state index in [9.17, 15) is 10.2 Å². The standard InChI is InChI=1S/C23H27BrN6O2/c1-23(6-4-12-2-3-13-9-15(24)21(26)29-16(13)8-12)10-17(18(31)19(23)32)30-7-5-14-20(25)27-11-28-22(14)30/h2-3,8-9,11,17-19,31-32H,4-7,10H2,1H3,(H2,26,29)(H2,25,27,28)/t17?,18-,19-,23-/m0/s1. The summed E-state index contributed by atoms with van der Waals surface area (Å²) in [6, 6.07) is 7.93. The number of aliphatic hydroxyl groups is 2. The average molecular weight is 499 g/mol. The minimum Gasteiger partial charge on any atom is -0.390 e. The van der Waals surface area contributed by atoms with Gasteiger partial charge in [-0.2, -0.15) is 0 Å². The Bertz CT molecular complexity index is 1190. The van der Waals surface area contributed by atoms with Gasteiger partial charge in [0.25, 0.3) is 0 Å². The predicted molar refractivity (Wildman–Crippen MR) is 128 cm³/mol. The highest BCUT2D eigenvalue weighted by atomic mass is 79.9. The molecule has 168 valence electrons. The van der Waals surface area contributed by atoms with Gasteiger partial charge in [0.2, 0.25) is 0 Å². The number of hydrogen-bond donors (Lipinski definition) is 4. The van der Waals surface area contributed by atoms with E-state index in [0.717, 1.165) is 58.1 Å². The summed E-state index contributed by atoms with van der Waals surface area (Å²) in [7, 11) is 0. The molecule has 0 radical (unpaired) electrons. The van der Waals surface area contributed by atoms with Gasteiger partial charge in [0.05, 0.1) is 22.1 Å². The largest absolute Gasteiger partial charge is 0.390 e. The van der Waals surface area contributed by atoms with E-state index in [1.54, 1.807) is 0 Å². The van der Waals surface area contributed by atoms with Gasteiger partial charge in [-0.05, 0) is 64.7 Å². The molecule has 5 rings (SSSR count). The Kier molecular flexibility index (Phi) is 5.22. The molecule has 0 saturated heterocycles. The summed E-state index contributed by atoms with van der Waals surface area (Å²) in [6.07, 6.45) is 2.73. The van der Waals surface area contributed by atoms with Crippen LogP contribution in [-0.2, 0) is 12.8 Å². The van der Waals surface area contributed by atoms with E-state index < -0.39 is 17.6 Å². The fourth-order valence-corrected chi connectivity index (χ4v) is 5.57. The number of nitrogens with two attached hydrogens (primary N) is 2. The normalized spacial score (nSPS) is 27.2. The highest BCUT2D eigenvalue weighted by molar-refractivity contribution is 9.10. The first-order valence-corrected chi connectivity index (χ1v) is 11.6. The van der Waals surface area contributed by atoms with Crippen LogP contribution in [0.2, 0.25) is 0 Å². The highest BCUT2D eigenvalue weighted by Crippen LogP contribution is 2.46. The fourth-order valence-electron chi connectivity index (χ4n) is 5.24. The Labute approximate surface area is 194 Å². The Morgan fingerprint density at radius 2 is 2.00 bits per heavy atom. The van der Waals surface area contributed by atoms with Crippen molar-refractivity contribution in [3.05, 3.63) is 46.2 Å². The monoisotopic (exact) mass is 498 g/mol. The number of aromatic nitrogens is 3. The van der Waals surface area contributed by atoms with E-state index in [0.29, 0.717) is 18.1 Å². The van der Waals surface area contributed by atoms with Gasteiger partial charge < -0.3 is 26.6 Å². The second kappa shape index (κ2) is 7.83. The molecule has 2 aliphatic rings. The number of pyridine rings is 1. The maximum absolute atomic E-state index is 11.0. The number of halogens is 1. The lowest BCUT2D eigenvalue weighted by Crippen LogP contribution is -2.43. The number of nitrogens with zero attached hydrogens (tertiary/aromatic N) is 4. The van der Waals surface area contributed by atoms with Gasteiger partial charge in [0, 0.05) is 17.5 Å². The zero-order chi connectivity index (χ0) is 22.6. The molecule has 2 aromatic heterocycles. The first kappa shape index (κ1) is 21.4. The third kappa shape index (κ3) is 3.48. The van der Waals surface area contributed by atoms with Crippen LogP contribution >= 0.6 is 15.9 Å². The molecule has 3 aromatic rings. The molecule has 0 amide bonds. The van der Waals surface area contributed by atoms with Gasteiger partial charge in [-0.15, -0.1) is 0 Å². The van der Waals surface area contributed by atoms with E-state index in [-0.39, 0.29) is 6.04 Å². The molecule has 32 heavy (non-hydrogen) atoms. The van der Waals surface area contributed by atoms with Crippen LogP contribution < -0.4 is 16.4 Å². The van der Waals surface area contributed by atoms with Crippen LogP contribution in [0.25, 0.3) is 10.9 Å². The zero-order valence-electron chi connectivity index (χ0n) is 17.9. The predicted octanol–water partition coefficient (Wildman–Crippen LogP) is 2.45. The summed E-state index contributed by atoms with van der Waals surface area (Å²) in [5, 5.41) is 23.0. The molecule has 1 fully saturated rings. The Hall–Kier alpha value is -2.49. The van der Waals surface area contributed by atoms with Crippen molar-refractivity contribution >= 4 is 44.3 Å². The minimum absolute atomic E-state index is 0.207. The van der Waals surface area contributed by atoms with Crippen molar-refractivity contribution in [2.45, 2.75) is 50.9 Å². The van der Waals surface area contributed by atoms with Crippen LogP contribution in [-0.4, -0.2) is 50.0 Å². The molecule has 1 aliphatic heterocycles. The summed E-state index contributed by atoms with van der Waals surface area (Å²) in [5.74, 6) is 1.74. The Morgan fingerprint density at radius 3 is 2.81 bits per heavy atom. The highest BCUT2D eigenvalue weighted by Gasteiger charge is 2.52. The summed E-state index contributed by atoms with van der Waals surface area (Å²) < 4.78 is 0.787. The van der Waals surface area contributed by atoms with Crippen LogP contribution in [0.15, 0.2) is 35.1 Å². The molecule has 0 bridgehead atoms. The van der Waals surface area contributed by atoms with Crippen molar-refractivity contribution in [1.82, 2.24) is 15.0 Å². The average Bonchev–Trinajstić information content (AvgIpc) is 3.29. The summed E-state index contributed by atoms with van der Waals surface area (Å²) in [6.45, 7) is 2.77. The van der Waals surface area contributed by atoms with Gasteiger partial charge >= 0.3 is 0 Å². The fraction of sp³-hybridized carbons (Fsp3) is 0.435. The molecule has 8 nitrogen and oxygen atoms in total. The van der Waals surface area contributed by atoms with E-state index in [2.05, 4.69) is 48.8 Å². The van der Waals surface area contributed by atoms with E-state index in [1.807, 2.05) is 18.2 Å². The third-order valence-corrected chi connectivity index (χ3v) is 7.82. The molecule has 1 aliphatic carbocycles. The van der Waals surface area contributed by atoms with Crippen molar-refractivity contribution in [3.8, 4) is 0 Å². The molecule has 4 atom stereocenters. The number of fused-ring (bicyclic) bond motifs is 2. The quantitative estimate of drug-likeness (QED) is 0.430. The summed E-state index contributed by atoms with van der Waals surface area (Å²) in [4.78, 5) is 15.0. The number of rotatable bonds is 4. The number of aryl methyl sites for hydroxylation is 1. The number of hydrogen-bond acceptors (Lipinski definition) is 8. The zero-order valence-corrected chi connectivity index (χ0v) is 19.5. The molecular formula is C23H27BrN6O2. The molecule has 9 heteroatoms. The van der Waals surface area contributed by atoms with E-state index in [4.69, 9.17) is 11.5 Å². The second-order valence-corrected chi connectivity index (χ2v) is 10.1. The Morgan fingerprint density at radius 1 is 1.19 bits per heavy atom. The van der Waals surface area contributed by atoms with Gasteiger partial charge in [0.1, 0.15) is 29.9 Å². The molecule has 1 saturated carbocycles. The molecule has 3 heterocycles. The smallest absolute Gasteiger partial charge is 0.138 e. The summed E-state index contributed by atoms with van der Waals surface area (Å²) in [5.41, 5.74) is 14.4. The third-order valence-electron chi connectivity index (χ3n) is 7.19.